The third kappa shape index (κ3) is 2.47. The highest BCUT2D eigenvalue weighted by Gasteiger charge is 2.28. The number of para-hydroxylation sites is 1. The van der Waals surface area contributed by atoms with Gasteiger partial charge in [0.1, 0.15) is 9.79 Å². The fourth-order valence-electron chi connectivity index (χ4n) is 2.06. The van der Waals surface area contributed by atoms with Gasteiger partial charge in [0.05, 0.1) is 25.6 Å². The Hall–Kier alpha value is -2.41. The Balaban J connectivity index is 2.77. The number of nitrogen functional groups attached to an aromatic ring is 2. The van der Waals surface area contributed by atoms with Crippen LogP contribution in [0.3, 0.4) is 0 Å². The van der Waals surface area contributed by atoms with Crippen LogP contribution in [0.25, 0.3) is 0 Å². The van der Waals surface area contributed by atoms with Gasteiger partial charge in [-0.05, 0) is 24.3 Å². The summed E-state index contributed by atoms with van der Waals surface area (Å²) in [5, 5.41) is 0. The number of ether oxygens (including phenoxy) is 2. The van der Waals surface area contributed by atoms with E-state index < -0.39 is 9.84 Å². The van der Waals surface area contributed by atoms with Gasteiger partial charge in [-0.1, -0.05) is 12.1 Å². The quantitative estimate of drug-likeness (QED) is 0.833. The maximum Gasteiger partial charge on any atom is 0.214 e. The molecular weight excluding hydrogens is 292 g/mol. The number of anilines is 2. The summed E-state index contributed by atoms with van der Waals surface area (Å²) in [7, 11) is -1.13. The van der Waals surface area contributed by atoms with E-state index in [1.807, 2.05) is 0 Å². The van der Waals surface area contributed by atoms with Crippen LogP contribution in [-0.2, 0) is 9.84 Å². The minimum atomic E-state index is -3.93. The molecule has 0 fully saturated rings. The van der Waals surface area contributed by atoms with E-state index in [-0.39, 0.29) is 26.9 Å². The highest BCUT2D eigenvalue weighted by Crippen LogP contribution is 2.39. The SMILES string of the molecule is COc1cccc(S(=O)(=O)c2c(N)cccc2N)c1OC. The lowest BCUT2D eigenvalue weighted by atomic mass is 10.3. The Morgan fingerprint density at radius 3 is 2.00 bits per heavy atom. The van der Waals surface area contributed by atoms with E-state index in [1.54, 1.807) is 18.2 Å². The van der Waals surface area contributed by atoms with E-state index in [9.17, 15) is 8.42 Å². The lowest BCUT2D eigenvalue weighted by molar-refractivity contribution is 0.347. The zero-order valence-electron chi connectivity index (χ0n) is 11.7. The maximum absolute atomic E-state index is 12.8. The Labute approximate surface area is 123 Å². The molecule has 0 aliphatic carbocycles. The normalized spacial score (nSPS) is 11.1. The van der Waals surface area contributed by atoms with Gasteiger partial charge in [0.2, 0.25) is 9.84 Å². The third-order valence-electron chi connectivity index (χ3n) is 3.00. The fraction of sp³-hybridized carbons (Fsp3) is 0.143. The number of hydrogen-bond acceptors (Lipinski definition) is 6. The minimum absolute atomic E-state index is 0.0473. The molecule has 0 heterocycles. The van der Waals surface area contributed by atoms with Crippen molar-refractivity contribution < 1.29 is 17.9 Å². The van der Waals surface area contributed by atoms with Crippen LogP contribution in [0.1, 0.15) is 0 Å². The van der Waals surface area contributed by atoms with Crippen molar-refractivity contribution in [2.24, 2.45) is 0 Å². The lowest BCUT2D eigenvalue weighted by Gasteiger charge is -2.15. The smallest absolute Gasteiger partial charge is 0.214 e. The van der Waals surface area contributed by atoms with E-state index in [1.165, 1.54) is 32.4 Å². The van der Waals surface area contributed by atoms with Crippen LogP contribution in [0.2, 0.25) is 0 Å². The van der Waals surface area contributed by atoms with Gasteiger partial charge >= 0.3 is 0 Å². The zero-order valence-corrected chi connectivity index (χ0v) is 12.5. The summed E-state index contributed by atoms with van der Waals surface area (Å²) >= 11 is 0. The van der Waals surface area contributed by atoms with Crippen molar-refractivity contribution in [1.29, 1.82) is 0 Å². The van der Waals surface area contributed by atoms with Gasteiger partial charge in [0.15, 0.2) is 11.5 Å². The molecule has 0 spiro atoms. The summed E-state index contributed by atoms with van der Waals surface area (Å²) in [5.74, 6) is 0.425. The second-order valence-electron chi connectivity index (χ2n) is 4.26. The molecule has 112 valence electrons. The molecule has 0 radical (unpaired) electrons. The van der Waals surface area contributed by atoms with Gasteiger partial charge < -0.3 is 20.9 Å². The highest BCUT2D eigenvalue weighted by atomic mass is 32.2. The van der Waals surface area contributed by atoms with Crippen LogP contribution in [-0.4, -0.2) is 22.6 Å². The summed E-state index contributed by atoms with van der Waals surface area (Å²) in [6, 6.07) is 9.14. The largest absolute Gasteiger partial charge is 0.493 e. The van der Waals surface area contributed by atoms with Crippen molar-refractivity contribution in [3.63, 3.8) is 0 Å². The van der Waals surface area contributed by atoms with Crippen LogP contribution >= 0.6 is 0 Å². The molecule has 0 aliphatic heterocycles. The first kappa shape index (κ1) is 15.0. The predicted octanol–water partition coefficient (Wildman–Crippen LogP) is 1.70. The minimum Gasteiger partial charge on any atom is -0.493 e. The third-order valence-corrected chi connectivity index (χ3v) is 4.91. The number of nitrogens with two attached hydrogens (primary N) is 2. The van der Waals surface area contributed by atoms with E-state index in [0.29, 0.717) is 5.75 Å². The summed E-state index contributed by atoms with van der Waals surface area (Å²) in [6.45, 7) is 0. The second-order valence-corrected chi connectivity index (χ2v) is 6.12. The molecule has 0 aliphatic rings. The van der Waals surface area contributed by atoms with Gasteiger partial charge in [-0.3, -0.25) is 0 Å². The average Bonchev–Trinajstić information content (AvgIpc) is 2.45. The summed E-state index contributed by atoms with van der Waals surface area (Å²) in [5.41, 5.74) is 11.7. The number of hydrogen-bond donors (Lipinski definition) is 2. The molecule has 0 saturated heterocycles. The van der Waals surface area contributed by atoms with Crippen molar-refractivity contribution in [1.82, 2.24) is 0 Å². The van der Waals surface area contributed by atoms with E-state index in [4.69, 9.17) is 20.9 Å². The highest BCUT2D eigenvalue weighted by molar-refractivity contribution is 7.92. The molecule has 6 nitrogen and oxygen atoms in total. The second kappa shape index (κ2) is 5.53. The van der Waals surface area contributed by atoms with Crippen molar-refractivity contribution in [3.05, 3.63) is 36.4 Å². The van der Waals surface area contributed by atoms with Gasteiger partial charge in [0, 0.05) is 0 Å². The Bertz CT molecular complexity index is 752. The molecule has 21 heavy (non-hydrogen) atoms. The molecule has 2 aromatic rings. The Kier molecular flexibility index (Phi) is 3.95. The number of benzene rings is 2. The van der Waals surface area contributed by atoms with Crippen molar-refractivity contribution in [2.75, 3.05) is 25.7 Å². The number of methoxy groups -OCH3 is 2. The molecule has 0 unspecified atom stereocenters. The van der Waals surface area contributed by atoms with Gasteiger partial charge in [0.25, 0.3) is 0 Å². The Morgan fingerprint density at radius 1 is 0.905 bits per heavy atom. The topological polar surface area (TPSA) is 105 Å². The van der Waals surface area contributed by atoms with E-state index >= 15 is 0 Å². The van der Waals surface area contributed by atoms with Crippen molar-refractivity contribution >= 4 is 21.2 Å². The van der Waals surface area contributed by atoms with Crippen LogP contribution < -0.4 is 20.9 Å². The monoisotopic (exact) mass is 308 g/mol. The first-order chi connectivity index (χ1) is 9.93. The molecule has 0 amide bonds. The van der Waals surface area contributed by atoms with E-state index in [0.717, 1.165) is 0 Å². The maximum atomic E-state index is 12.8. The first-order valence-corrected chi connectivity index (χ1v) is 7.51. The van der Waals surface area contributed by atoms with Crippen LogP contribution in [0, 0.1) is 0 Å². The molecule has 4 N–H and O–H groups in total. The number of sulfone groups is 1. The first-order valence-electron chi connectivity index (χ1n) is 6.03. The van der Waals surface area contributed by atoms with Crippen LogP contribution in [0.4, 0.5) is 11.4 Å². The van der Waals surface area contributed by atoms with Gasteiger partial charge in [-0.2, -0.15) is 0 Å². The number of rotatable bonds is 4. The van der Waals surface area contributed by atoms with Crippen molar-refractivity contribution in [3.8, 4) is 11.5 Å². The summed E-state index contributed by atoms with van der Waals surface area (Å²) < 4.78 is 35.9. The molecule has 7 heteroatoms. The average molecular weight is 308 g/mol. The predicted molar refractivity (Wildman–Crippen MR) is 80.3 cm³/mol. The Morgan fingerprint density at radius 2 is 1.48 bits per heavy atom. The van der Waals surface area contributed by atoms with Crippen molar-refractivity contribution in [2.45, 2.75) is 9.79 Å². The standard InChI is InChI=1S/C14H16N2O4S/c1-19-11-7-4-8-12(13(11)20-2)21(17,18)14-9(15)5-3-6-10(14)16/h3-8H,15-16H2,1-2H3. The van der Waals surface area contributed by atoms with Crippen LogP contribution in [0.15, 0.2) is 46.2 Å². The molecule has 2 aromatic carbocycles. The fourth-order valence-corrected chi connectivity index (χ4v) is 3.73. The zero-order chi connectivity index (χ0) is 15.6. The molecule has 0 saturated carbocycles. The summed E-state index contributed by atoms with van der Waals surface area (Å²) in [6.07, 6.45) is 0. The molecular formula is C14H16N2O4S. The lowest BCUT2D eigenvalue weighted by Crippen LogP contribution is -2.10. The van der Waals surface area contributed by atoms with Gasteiger partial charge in [-0.15, -0.1) is 0 Å². The van der Waals surface area contributed by atoms with Gasteiger partial charge in [-0.25, -0.2) is 8.42 Å². The molecule has 0 aromatic heterocycles. The van der Waals surface area contributed by atoms with Crippen LogP contribution in [0.5, 0.6) is 11.5 Å². The molecule has 0 bridgehead atoms. The van der Waals surface area contributed by atoms with E-state index in [2.05, 4.69) is 0 Å². The molecule has 0 atom stereocenters. The summed E-state index contributed by atoms with van der Waals surface area (Å²) in [4.78, 5) is -0.175. The molecule has 2 rings (SSSR count).